The molecule has 5 N–H and O–H groups in total. The molecule has 0 aliphatic rings. The molecule has 0 aromatic carbocycles. The zero-order valence-electron chi connectivity index (χ0n) is 10.8. The summed E-state index contributed by atoms with van der Waals surface area (Å²) < 4.78 is 0. The Bertz CT molecular complexity index is 420. The molecule has 0 aliphatic heterocycles. The van der Waals surface area contributed by atoms with Gasteiger partial charge in [-0.05, 0) is 6.42 Å². The van der Waals surface area contributed by atoms with E-state index in [1.807, 2.05) is 6.92 Å². The van der Waals surface area contributed by atoms with Crippen molar-refractivity contribution in [2.24, 2.45) is 5.84 Å². The number of rotatable bonds is 7. The van der Waals surface area contributed by atoms with Crippen LogP contribution >= 0.6 is 0 Å². The summed E-state index contributed by atoms with van der Waals surface area (Å²) in [6, 6.07) is 0. The number of nitrogens with one attached hydrogen (secondary N) is 3. The number of aromatic nitrogens is 2. The van der Waals surface area contributed by atoms with E-state index in [1.165, 1.54) is 12.4 Å². The fraction of sp³-hybridized carbons (Fsp3) is 0.455. The van der Waals surface area contributed by atoms with E-state index in [-0.39, 0.29) is 30.5 Å². The summed E-state index contributed by atoms with van der Waals surface area (Å²) in [5, 5.41) is 5.31. The number of nitrogen functional groups attached to an aromatic ring is 1. The van der Waals surface area contributed by atoms with Crippen LogP contribution in [0.4, 0.5) is 5.82 Å². The second-order valence-corrected chi connectivity index (χ2v) is 3.79. The molecule has 2 amide bonds. The van der Waals surface area contributed by atoms with Crippen molar-refractivity contribution in [2.45, 2.75) is 19.8 Å². The SMILES string of the molecule is CCCNC(=O)CCNC(=O)c1cnc(NN)cn1. The van der Waals surface area contributed by atoms with E-state index in [2.05, 4.69) is 26.0 Å². The number of anilines is 1. The second-order valence-electron chi connectivity index (χ2n) is 3.79. The minimum atomic E-state index is -0.376. The Labute approximate surface area is 111 Å². The molecule has 8 heteroatoms. The Kier molecular flexibility index (Phi) is 6.23. The van der Waals surface area contributed by atoms with Crippen molar-refractivity contribution in [2.75, 3.05) is 18.5 Å². The lowest BCUT2D eigenvalue weighted by Crippen LogP contribution is -2.31. The van der Waals surface area contributed by atoms with Gasteiger partial charge < -0.3 is 16.1 Å². The summed E-state index contributed by atoms with van der Waals surface area (Å²) in [5.41, 5.74) is 2.49. The molecule has 0 saturated carbocycles. The molecule has 8 nitrogen and oxygen atoms in total. The molecule has 0 atom stereocenters. The molecule has 0 radical (unpaired) electrons. The molecule has 0 aliphatic carbocycles. The lowest BCUT2D eigenvalue weighted by atomic mass is 10.3. The first-order valence-corrected chi connectivity index (χ1v) is 6.01. The van der Waals surface area contributed by atoms with Crippen LogP contribution in [0, 0.1) is 0 Å². The van der Waals surface area contributed by atoms with Gasteiger partial charge in [-0.1, -0.05) is 6.92 Å². The summed E-state index contributed by atoms with van der Waals surface area (Å²) in [7, 11) is 0. The van der Waals surface area contributed by atoms with Crippen LogP contribution in [0.15, 0.2) is 12.4 Å². The van der Waals surface area contributed by atoms with Crippen LogP contribution in [0.1, 0.15) is 30.3 Å². The number of carbonyl (C=O) groups excluding carboxylic acids is 2. The largest absolute Gasteiger partial charge is 0.356 e. The van der Waals surface area contributed by atoms with E-state index in [0.717, 1.165) is 6.42 Å². The molecule has 1 rings (SSSR count). The number of amides is 2. The quantitative estimate of drug-likeness (QED) is 0.386. The maximum atomic E-state index is 11.6. The van der Waals surface area contributed by atoms with Crippen LogP contribution in [-0.2, 0) is 4.79 Å². The van der Waals surface area contributed by atoms with Gasteiger partial charge in [-0.3, -0.25) is 9.59 Å². The highest BCUT2D eigenvalue weighted by atomic mass is 16.2. The number of nitrogens with two attached hydrogens (primary N) is 1. The first-order valence-electron chi connectivity index (χ1n) is 6.01. The first kappa shape index (κ1) is 14.8. The van der Waals surface area contributed by atoms with E-state index in [1.54, 1.807) is 0 Å². The Morgan fingerprint density at radius 3 is 2.58 bits per heavy atom. The third-order valence-electron chi connectivity index (χ3n) is 2.24. The minimum absolute atomic E-state index is 0.0871. The maximum Gasteiger partial charge on any atom is 0.271 e. The van der Waals surface area contributed by atoms with Gasteiger partial charge in [-0.15, -0.1) is 0 Å². The normalized spacial score (nSPS) is 9.79. The summed E-state index contributed by atoms with van der Waals surface area (Å²) in [6.07, 6.45) is 3.78. The molecule has 1 aromatic heterocycles. The van der Waals surface area contributed by atoms with Crippen molar-refractivity contribution in [3.63, 3.8) is 0 Å². The Balaban J connectivity index is 2.32. The Morgan fingerprint density at radius 2 is 2.00 bits per heavy atom. The van der Waals surface area contributed by atoms with Crippen molar-refractivity contribution in [3.05, 3.63) is 18.1 Å². The van der Waals surface area contributed by atoms with E-state index >= 15 is 0 Å². The van der Waals surface area contributed by atoms with Gasteiger partial charge in [0, 0.05) is 19.5 Å². The predicted molar refractivity (Wildman–Crippen MR) is 70.1 cm³/mol. The molecule has 1 aromatic rings. The predicted octanol–water partition coefficient (Wildman–Crippen LogP) is -0.592. The number of nitrogens with zero attached hydrogens (tertiary/aromatic N) is 2. The van der Waals surface area contributed by atoms with Crippen molar-refractivity contribution >= 4 is 17.6 Å². The van der Waals surface area contributed by atoms with E-state index in [4.69, 9.17) is 5.84 Å². The van der Waals surface area contributed by atoms with Gasteiger partial charge in [-0.2, -0.15) is 0 Å². The highest BCUT2D eigenvalue weighted by molar-refractivity contribution is 5.92. The Morgan fingerprint density at radius 1 is 1.21 bits per heavy atom. The standard InChI is InChI=1S/C11H18N6O2/c1-2-4-13-10(18)3-5-14-11(19)8-6-16-9(17-12)7-15-8/h6-7H,2-5,12H2,1H3,(H,13,18)(H,14,19)(H,16,17). The first-order chi connectivity index (χ1) is 9.17. The smallest absolute Gasteiger partial charge is 0.271 e. The summed E-state index contributed by atoms with van der Waals surface area (Å²) >= 11 is 0. The third-order valence-corrected chi connectivity index (χ3v) is 2.24. The van der Waals surface area contributed by atoms with Gasteiger partial charge in [0.15, 0.2) is 5.82 Å². The molecule has 0 saturated heterocycles. The van der Waals surface area contributed by atoms with Crippen LogP contribution in [0.3, 0.4) is 0 Å². The molecular weight excluding hydrogens is 248 g/mol. The molecule has 1 heterocycles. The minimum Gasteiger partial charge on any atom is -0.356 e. The summed E-state index contributed by atoms with van der Waals surface area (Å²) in [5.74, 6) is 5.04. The molecule has 0 unspecified atom stereocenters. The van der Waals surface area contributed by atoms with Crippen molar-refractivity contribution < 1.29 is 9.59 Å². The fourth-order valence-electron chi connectivity index (χ4n) is 1.25. The second kappa shape index (κ2) is 7.98. The van der Waals surface area contributed by atoms with Crippen LogP contribution in [-0.4, -0.2) is 34.9 Å². The molecular formula is C11H18N6O2. The van der Waals surface area contributed by atoms with Gasteiger partial charge in [0.1, 0.15) is 5.69 Å². The maximum absolute atomic E-state index is 11.6. The van der Waals surface area contributed by atoms with Crippen LogP contribution < -0.4 is 21.9 Å². The number of carbonyl (C=O) groups is 2. The van der Waals surface area contributed by atoms with Crippen molar-refractivity contribution in [3.8, 4) is 0 Å². The molecule has 0 bridgehead atoms. The summed E-state index contributed by atoms with van der Waals surface area (Å²) in [4.78, 5) is 30.7. The third kappa shape index (κ3) is 5.30. The lowest BCUT2D eigenvalue weighted by molar-refractivity contribution is -0.120. The Hall–Kier alpha value is -2.22. The zero-order chi connectivity index (χ0) is 14.1. The highest BCUT2D eigenvalue weighted by Gasteiger charge is 2.08. The topological polar surface area (TPSA) is 122 Å². The van der Waals surface area contributed by atoms with Crippen LogP contribution in [0.2, 0.25) is 0 Å². The van der Waals surface area contributed by atoms with E-state index in [0.29, 0.717) is 12.4 Å². The molecule has 0 fully saturated rings. The zero-order valence-corrected chi connectivity index (χ0v) is 10.8. The lowest BCUT2D eigenvalue weighted by Gasteiger charge is -2.05. The molecule has 104 valence electrons. The number of hydrogen-bond donors (Lipinski definition) is 4. The van der Waals surface area contributed by atoms with Crippen molar-refractivity contribution in [1.29, 1.82) is 0 Å². The molecule has 0 spiro atoms. The van der Waals surface area contributed by atoms with Gasteiger partial charge in [0.25, 0.3) is 5.91 Å². The van der Waals surface area contributed by atoms with Crippen molar-refractivity contribution in [1.82, 2.24) is 20.6 Å². The van der Waals surface area contributed by atoms with Crippen LogP contribution in [0.25, 0.3) is 0 Å². The molecule has 19 heavy (non-hydrogen) atoms. The average Bonchev–Trinajstić information content (AvgIpc) is 2.45. The summed E-state index contributed by atoms with van der Waals surface area (Å²) in [6.45, 7) is 2.87. The fourth-order valence-corrected chi connectivity index (χ4v) is 1.25. The van der Waals surface area contributed by atoms with E-state index < -0.39 is 0 Å². The number of hydrogen-bond acceptors (Lipinski definition) is 6. The average molecular weight is 266 g/mol. The van der Waals surface area contributed by atoms with Gasteiger partial charge in [0.2, 0.25) is 5.91 Å². The number of hydrazine groups is 1. The van der Waals surface area contributed by atoms with Gasteiger partial charge >= 0.3 is 0 Å². The van der Waals surface area contributed by atoms with Crippen LogP contribution in [0.5, 0.6) is 0 Å². The van der Waals surface area contributed by atoms with Gasteiger partial charge in [0.05, 0.1) is 12.4 Å². The van der Waals surface area contributed by atoms with E-state index in [9.17, 15) is 9.59 Å². The van der Waals surface area contributed by atoms with Gasteiger partial charge in [-0.25, -0.2) is 15.8 Å². The monoisotopic (exact) mass is 266 g/mol. The highest BCUT2D eigenvalue weighted by Crippen LogP contribution is 1.98.